The van der Waals surface area contributed by atoms with Gasteiger partial charge in [-0.25, -0.2) is 0 Å². The minimum atomic E-state index is -1.64. The van der Waals surface area contributed by atoms with Crippen LogP contribution < -0.4 is 153 Å². The lowest BCUT2D eigenvalue weighted by Gasteiger charge is -2.29. The maximum Gasteiger partial charge on any atom is 0.246 e. The number of nitrogens with two attached hydrogens (primary N) is 9. The van der Waals surface area contributed by atoms with Gasteiger partial charge in [0.2, 0.25) is 70.9 Å². The standard InChI is InChI=1S/C67H122N36O14/c1-36(104)39-21-19-38(20-22-39)33-48(95-50(107)35-117-32-31-85-37(2)105)59(116)103-47(18-10-30-93-67(83)84)58(115)102-46(17-9-29-92-66(81)82)57(114)101-45(16-8-28-91-65(79)80)56(113)100-44(15-7-27-90-64(77)78)55(112)99-43(14-6-26-89-63(75)76)54(111)98-42(13-5-25-88-62(73)74)53(110)97-41(12-4-24-87-61(71)72)52(109)96-40(11-3-23-86-60(69)70)51(108)94-34-49(68)106/h19-22,40-48H,3-18,23-35H2,1-2H3,(H2,68,106)(H,85,105)(H,94,108)(H,95,107)(H,96,109)(H,97,110)(H,98,111)(H,99,112)(H,100,113)(H,101,114)(H,102,115)(H,103,116)(H4,69,70,86)(H4,71,72,87)(H4,73,74,88)(H4,75,76,89)(H4,77,78,90)(H4,79,80,91)(H4,81,82,92)(H4,83,84,93)/t40-,41-,42-,43-,44-,45-,46-,47-,48+/m1/s1. The Labute approximate surface area is 676 Å². The molecule has 0 heterocycles. The van der Waals surface area contributed by atoms with E-state index >= 15 is 9.59 Å². The number of primary amides is 1. The second kappa shape index (κ2) is 57.6. The number of carbonyl (C=O) groups excluding carboxylic acids is 13. The molecule has 1 aromatic rings. The van der Waals surface area contributed by atoms with E-state index in [0.29, 0.717) is 11.1 Å². The zero-order valence-corrected chi connectivity index (χ0v) is 65.9. The summed E-state index contributed by atoms with van der Waals surface area (Å²) < 4.78 is 5.40. The topological polar surface area (TPSA) is 885 Å². The smallest absolute Gasteiger partial charge is 0.246 e. The maximum atomic E-state index is 15.0. The number of nitrogens with one attached hydrogen (secondary N) is 27. The zero-order chi connectivity index (χ0) is 88.0. The molecule has 50 nitrogen and oxygen atoms in total. The van der Waals surface area contributed by atoms with Crippen molar-refractivity contribution < 1.29 is 67.1 Å². The SMILES string of the molecule is CC(=O)NCCOCC(=O)N[C@@H](Cc1ccc(C(C)=O)cc1)C(=O)N[C@H](CCCNC(=N)N)C(=O)N[C@H](CCCNC(=N)N)C(=O)N[C@H](CCCNC(=N)N)C(=O)N[C@H](CCCNC(=N)N)C(=O)N[C@H](CCCNC(=N)N)C(=O)N[C@H](CCCNC(=N)N)C(=O)N[C@H](CCCNC(=N)N)C(=O)N[C@H](CCCNC(=N)N)C(=O)NCC(N)=O. The predicted octanol–water partition coefficient (Wildman–Crippen LogP) is -11.3. The van der Waals surface area contributed by atoms with E-state index in [-0.39, 0.29) is 192 Å². The van der Waals surface area contributed by atoms with Crippen molar-refractivity contribution in [3.05, 3.63) is 35.4 Å². The fourth-order valence-electron chi connectivity index (χ4n) is 10.9. The summed E-state index contributed by atoms with van der Waals surface area (Å²) in [4.78, 5) is 180. The van der Waals surface area contributed by atoms with Crippen LogP contribution in [-0.4, -0.2) is 257 Å². The van der Waals surface area contributed by atoms with Gasteiger partial charge in [-0.1, -0.05) is 24.3 Å². The van der Waals surface area contributed by atoms with Crippen molar-refractivity contribution in [3.8, 4) is 0 Å². The van der Waals surface area contributed by atoms with Crippen LogP contribution in [0.25, 0.3) is 0 Å². The van der Waals surface area contributed by atoms with Crippen LogP contribution in [-0.2, 0) is 68.7 Å². The highest BCUT2D eigenvalue weighted by Gasteiger charge is 2.36. The van der Waals surface area contributed by atoms with Gasteiger partial charge < -0.3 is 157 Å². The van der Waals surface area contributed by atoms with Gasteiger partial charge in [-0.05, 0) is 115 Å². The van der Waals surface area contributed by atoms with Crippen LogP contribution in [0.4, 0.5) is 0 Å². The van der Waals surface area contributed by atoms with Gasteiger partial charge in [0.25, 0.3) is 0 Å². The summed E-state index contributed by atoms with van der Waals surface area (Å²) in [7, 11) is 0. The second-order valence-corrected chi connectivity index (χ2v) is 26.6. The third-order valence-electron chi connectivity index (χ3n) is 16.7. The van der Waals surface area contributed by atoms with E-state index in [1.54, 1.807) is 12.1 Å². The molecule has 0 aliphatic heterocycles. The minimum Gasteiger partial charge on any atom is -0.370 e. The van der Waals surface area contributed by atoms with Gasteiger partial charge in [0.15, 0.2) is 53.5 Å². The molecule has 117 heavy (non-hydrogen) atoms. The molecule has 0 saturated carbocycles. The highest BCUT2D eigenvalue weighted by molar-refractivity contribution is 5.99. The molecular formula is C67H122N36O14. The molecule has 0 aromatic heterocycles. The van der Waals surface area contributed by atoms with E-state index in [0.717, 1.165) is 0 Å². The van der Waals surface area contributed by atoms with Crippen molar-refractivity contribution in [2.45, 2.75) is 177 Å². The Hall–Kier alpha value is -13.3. The molecule has 0 bridgehead atoms. The number of benzene rings is 1. The van der Waals surface area contributed by atoms with Crippen molar-refractivity contribution in [3.63, 3.8) is 0 Å². The summed E-state index contributed by atoms with van der Waals surface area (Å²) in [6, 6.07) is -7.78. The summed E-state index contributed by atoms with van der Waals surface area (Å²) in [6.07, 6.45) is -1.82. The van der Waals surface area contributed by atoms with E-state index in [2.05, 4.69) is 101 Å². The number of rotatable bonds is 60. The van der Waals surface area contributed by atoms with Gasteiger partial charge in [0.05, 0.1) is 13.2 Å². The number of hydrogen-bond donors (Lipinski definition) is 36. The molecule has 0 radical (unpaired) electrons. The van der Waals surface area contributed by atoms with Crippen molar-refractivity contribution in [2.75, 3.05) is 78.7 Å². The molecule has 0 fully saturated rings. The first-order valence-electron chi connectivity index (χ1n) is 37.6. The van der Waals surface area contributed by atoms with E-state index in [1.807, 2.05) is 0 Å². The molecule has 0 unspecified atom stereocenters. The van der Waals surface area contributed by atoms with Gasteiger partial charge in [0, 0.05) is 77.8 Å². The number of ether oxygens (including phenoxy) is 1. The Balaban J connectivity index is 4.12. The average Bonchev–Trinajstić information content (AvgIpc) is 0.812. The molecule has 50 heteroatoms. The summed E-state index contributed by atoms with van der Waals surface area (Å²) in [5.74, 6) is -14.6. The first-order valence-corrected chi connectivity index (χ1v) is 37.6. The van der Waals surface area contributed by atoms with Crippen LogP contribution in [0.5, 0.6) is 0 Å². The molecular weight excluding hydrogens is 1530 g/mol. The van der Waals surface area contributed by atoms with Gasteiger partial charge in [0.1, 0.15) is 61.0 Å². The average molecular weight is 1660 g/mol. The number of guanidine groups is 8. The molecule has 1 aromatic carbocycles. The Kier molecular flexibility index (Phi) is 50.1. The number of ketones is 1. The number of Topliss-reactive ketones (excluding diaryl/α,β-unsaturated/α-hetero) is 1. The quantitative estimate of drug-likeness (QED) is 0.0125. The first kappa shape index (κ1) is 102. The molecule has 654 valence electrons. The Morgan fingerprint density at radius 2 is 0.530 bits per heavy atom. The zero-order valence-electron chi connectivity index (χ0n) is 65.9. The highest BCUT2D eigenvalue weighted by atomic mass is 16.5. The second-order valence-electron chi connectivity index (χ2n) is 26.6. The fourth-order valence-corrected chi connectivity index (χ4v) is 10.9. The number of carbonyl (C=O) groups is 13. The maximum absolute atomic E-state index is 15.0. The van der Waals surface area contributed by atoms with Crippen LogP contribution in [0.1, 0.15) is 133 Å². The van der Waals surface area contributed by atoms with Gasteiger partial charge >= 0.3 is 0 Å². The fraction of sp³-hybridized carbons (Fsp3) is 0.597. The van der Waals surface area contributed by atoms with E-state index < -0.39 is 174 Å². The minimum absolute atomic E-state index is 0.00117. The van der Waals surface area contributed by atoms with Gasteiger partial charge in [-0.15, -0.1) is 0 Å². The molecule has 0 aliphatic carbocycles. The summed E-state index contributed by atoms with van der Waals surface area (Å²) in [5.41, 5.74) is 50.4. The van der Waals surface area contributed by atoms with Crippen LogP contribution >= 0.6 is 0 Å². The molecule has 0 saturated heterocycles. The van der Waals surface area contributed by atoms with Gasteiger partial charge in [-0.2, -0.15) is 0 Å². The Bertz CT molecular complexity index is 3530. The van der Waals surface area contributed by atoms with E-state index in [9.17, 15) is 52.7 Å². The van der Waals surface area contributed by atoms with Crippen molar-refractivity contribution >= 4 is 124 Å². The number of hydrogen-bond acceptors (Lipinski definition) is 22. The van der Waals surface area contributed by atoms with Crippen LogP contribution in [0.2, 0.25) is 0 Å². The van der Waals surface area contributed by atoms with E-state index in [1.165, 1.54) is 26.0 Å². The molecule has 12 amide bonds. The molecule has 0 spiro atoms. The summed E-state index contributed by atoms with van der Waals surface area (Å²) >= 11 is 0. The summed E-state index contributed by atoms with van der Waals surface area (Å²) in [5, 5.41) is 111. The molecule has 1 rings (SSSR count). The first-order chi connectivity index (χ1) is 55.3. The van der Waals surface area contributed by atoms with Crippen molar-refractivity contribution in [2.24, 2.45) is 51.6 Å². The van der Waals surface area contributed by atoms with Gasteiger partial charge in [-0.3, -0.25) is 106 Å². The molecule has 45 N–H and O–H groups in total. The van der Waals surface area contributed by atoms with E-state index in [4.69, 9.17) is 99.6 Å². The number of amides is 12. The summed E-state index contributed by atoms with van der Waals surface area (Å²) in [6.45, 7) is 1.27. The third kappa shape index (κ3) is 49.0. The highest BCUT2D eigenvalue weighted by Crippen LogP contribution is 2.13. The molecule has 9 atom stereocenters. The lowest BCUT2D eigenvalue weighted by Crippen LogP contribution is -2.60. The normalized spacial score (nSPS) is 12.9. The lowest BCUT2D eigenvalue weighted by atomic mass is 10.0. The monoisotopic (exact) mass is 1650 g/mol. The van der Waals surface area contributed by atoms with Crippen LogP contribution in [0.15, 0.2) is 24.3 Å². The Morgan fingerprint density at radius 3 is 0.744 bits per heavy atom. The van der Waals surface area contributed by atoms with Crippen molar-refractivity contribution in [1.82, 2.24) is 101 Å². The van der Waals surface area contributed by atoms with Crippen LogP contribution in [0.3, 0.4) is 0 Å². The third-order valence-corrected chi connectivity index (χ3v) is 16.7. The largest absolute Gasteiger partial charge is 0.370 e. The van der Waals surface area contributed by atoms with Crippen molar-refractivity contribution in [1.29, 1.82) is 43.3 Å². The Morgan fingerprint density at radius 1 is 0.299 bits per heavy atom. The predicted molar refractivity (Wildman–Crippen MR) is 432 cm³/mol. The lowest BCUT2D eigenvalue weighted by molar-refractivity contribution is -0.136. The molecule has 0 aliphatic rings. The van der Waals surface area contributed by atoms with Crippen LogP contribution in [0, 0.1) is 43.3 Å².